The highest BCUT2D eigenvalue weighted by molar-refractivity contribution is 5.95. The number of hydrogen-bond donors (Lipinski definition) is 3. The minimum Gasteiger partial charge on any atom is -0.390 e. The molecule has 1 aliphatic heterocycles. The van der Waals surface area contributed by atoms with E-state index < -0.39 is 6.10 Å². The van der Waals surface area contributed by atoms with Crippen LogP contribution in [0.25, 0.3) is 0 Å². The molecular weight excluding hydrogens is 388 g/mol. The van der Waals surface area contributed by atoms with Crippen molar-refractivity contribution in [3.8, 4) is 11.8 Å². The van der Waals surface area contributed by atoms with Crippen LogP contribution in [0.15, 0.2) is 71.4 Å². The lowest BCUT2D eigenvalue weighted by atomic mass is 9.97. The molecule has 1 unspecified atom stereocenters. The molecule has 0 aromatic heterocycles. The minimum absolute atomic E-state index is 0.0648. The molecule has 0 fully saturated rings. The third kappa shape index (κ3) is 8.94. The molecule has 0 saturated heterocycles. The smallest absolute Gasteiger partial charge is 0.249 e. The van der Waals surface area contributed by atoms with E-state index in [1.807, 2.05) is 51.2 Å². The molecule has 0 spiro atoms. The van der Waals surface area contributed by atoms with Gasteiger partial charge in [0.25, 0.3) is 0 Å². The number of aliphatic hydroxyl groups is 2. The summed E-state index contributed by atoms with van der Waals surface area (Å²) in [7, 11) is 0. The van der Waals surface area contributed by atoms with E-state index in [-0.39, 0.29) is 12.5 Å². The van der Waals surface area contributed by atoms with E-state index in [2.05, 4.69) is 30.3 Å². The maximum Gasteiger partial charge on any atom is 0.249 e. The first kappa shape index (κ1) is 26.4. The number of nitrogens with one attached hydrogen (secondary N) is 1. The molecule has 1 heterocycles. The molecule has 1 amide bonds. The van der Waals surface area contributed by atoms with Crippen molar-refractivity contribution in [1.29, 1.82) is 0 Å². The van der Waals surface area contributed by atoms with Crippen LogP contribution in [-0.2, 0) is 4.79 Å². The zero-order valence-corrected chi connectivity index (χ0v) is 19.1. The summed E-state index contributed by atoms with van der Waals surface area (Å²) < 4.78 is 0. The van der Waals surface area contributed by atoms with Crippen LogP contribution in [0.3, 0.4) is 0 Å². The molecule has 5 nitrogen and oxygen atoms in total. The van der Waals surface area contributed by atoms with Gasteiger partial charge in [-0.25, -0.2) is 0 Å². The quantitative estimate of drug-likeness (QED) is 0.271. The molecule has 1 aliphatic rings. The highest BCUT2D eigenvalue weighted by Crippen LogP contribution is 2.22. The first-order valence-electron chi connectivity index (χ1n) is 10.6. The third-order valence-corrected chi connectivity index (χ3v) is 5.17. The van der Waals surface area contributed by atoms with Crippen molar-refractivity contribution in [2.45, 2.75) is 39.7 Å². The van der Waals surface area contributed by atoms with Gasteiger partial charge in [-0.2, -0.15) is 0 Å². The number of β-amino-alcohol motifs (C(OH)–C–C–N with tert-alkyl or cyclic N) is 1. The van der Waals surface area contributed by atoms with E-state index in [9.17, 15) is 9.90 Å². The van der Waals surface area contributed by atoms with Crippen LogP contribution in [0.4, 0.5) is 0 Å². The largest absolute Gasteiger partial charge is 0.390 e. The van der Waals surface area contributed by atoms with Crippen molar-refractivity contribution < 1.29 is 15.0 Å². The zero-order chi connectivity index (χ0) is 23.2. The summed E-state index contributed by atoms with van der Waals surface area (Å²) in [6, 6.07) is 0. The normalized spacial score (nSPS) is 16.7. The molecule has 0 aromatic carbocycles. The first-order chi connectivity index (χ1) is 14.9. The topological polar surface area (TPSA) is 72.8 Å². The Morgan fingerprint density at radius 2 is 2.10 bits per heavy atom. The number of carbonyl (C=O) groups excluding carboxylic acids is 1. The lowest BCUT2D eigenvalue weighted by Gasteiger charge is -2.30. The van der Waals surface area contributed by atoms with Crippen molar-refractivity contribution in [1.82, 2.24) is 10.2 Å². The second-order valence-electron chi connectivity index (χ2n) is 7.44. The molecule has 0 aliphatic carbocycles. The molecule has 31 heavy (non-hydrogen) atoms. The number of nitrogens with zero attached hydrogens (tertiary/aromatic N) is 1. The lowest BCUT2D eigenvalue weighted by molar-refractivity contribution is -0.129. The van der Waals surface area contributed by atoms with E-state index in [1.54, 1.807) is 4.90 Å². The van der Waals surface area contributed by atoms with E-state index in [0.29, 0.717) is 38.2 Å². The average Bonchev–Trinajstić information content (AvgIpc) is 2.76. The van der Waals surface area contributed by atoms with Crippen molar-refractivity contribution in [2.24, 2.45) is 0 Å². The Balaban J connectivity index is 2.66. The molecule has 5 heteroatoms. The van der Waals surface area contributed by atoms with Crippen molar-refractivity contribution in [2.75, 3.05) is 32.8 Å². The van der Waals surface area contributed by atoms with E-state index in [4.69, 9.17) is 5.11 Å². The summed E-state index contributed by atoms with van der Waals surface area (Å²) >= 11 is 0. The minimum atomic E-state index is -0.639. The van der Waals surface area contributed by atoms with Gasteiger partial charge in [-0.15, -0.1) is 0 Å². The van der Waals surface area contributed by atoms with Crippen molar-refractivity contribution in [3.05, 3.63) is 71.4 Å². The van der Waals surface area contributed by atoms with Gasteiger partial charge in [0.15, 0.2) is 0 Å². The monoisotopic (exact) mass is 424 g/mol. The fourth-order valence-corrected chi connectivity index (χ4v) is 3.31. The fraction of sp³-hybridized carbons (Fsp3) is 0.423. The van der Waals surface area contributed by atoms with Gasteiger partial charge in [0.05, 0.1) is 6.10 Å². The van der Waals surface area contributed by atoms with Crippen LogP contribution in [0.2, 0.25) is 0 Å². The number of amides is 1. The predicted molar refractivity (Wildman–Crippen MR) is 128 cm³/mol. The van der Waals surface area contributed by atoms with Gasteiger partial charge in [-0.3, -0.25) is 4.79 Å². The van der Waals surface area contributed by atoms with Crippen LogP contribution in [0.5, 0.6) is 0 Å². The van der Waals surface area contributed by atoms with Crippen LogP contribution in [0, 0.1) is 11.8 Å². The maximum atomic E-state index is 12.8. The summed E-state index contributed by atoms with van der Waals surface area (Å²) in [6.07, 6.45) is 10.2. The second kappa shape index (κ2) is 14.4. The van der Waals surface area contributed by atoms with Gasteiger partial charge in [0.1, 0.15) is 6.61 Å². The predicted octanol–water partition coefficient (Wildman–Crippen LogP) is 3.06. The van der Waals surface area contributed by atoms with Gasteiger partial charge < -0.3 is 20.4 Å². The molecule has 0 aromatic rings. The van der Waals surface area contributed by atoms with Crippen molar-refractivity contribution in [3.63, 3.8) is 0 Å². The highest BCUT2D eigenvalue weighted by Gasteiger charge is 2.25. The maximum absolute atomic E-state index is 12.8. The fourth-order valence-electron chi connectivity index (χ4n) is 3.31. The average molecular weight is 425 g/mol. The summed E-state index contributed by atoms with van der Waals surface area (Å²) in [5, 5.41) is 22.5. The summed E-state index contributed by atoms with van der Waals surface area (Å²) in [4.78, 5) is 14.5. The number of aliphatic hydroxyl groups excluding tert-OH is 2. The summed E-state index contributed by atoms with van der Waals surface area (Å²) in [5.74, 6) is 5.48. The third-order valence-electron chi connectivity index (χ3n) is 5.17. The van der Waals surface area contributed by atoms with E-state index in [1.165, 1.54) is 0 Å². The number of carbonyl (C=O) groups is 1. The zero-order valence-electron chi connectivity index (χ0n) is 19.1. The van der Waals surface area contributed by atoms with Crippen LogP contribution >= 0.6 is 0 Å². The number of rotatable bonds is 11. The SMILES string of the molecule is C=C/C(C)=C(\C=C)CCNCC(O)CN1CCC(/C=C(C#CCO)\C=C/C)=C(C)C1=O. The lowest BCUT2D eigenvalue weighted by Crippen LogP contribution is -2.44. The van der Waals surface area contributed by atoms with Gasteiger partial charge >= 0.3 is 0 Å². The molecule has 1 rings (SSSR count). The van der Waals surface area contributed by atoms with Gasteiger partial charge in [-0.05, 0) is 63.0 Å². The van der Waals surface area contributed by atoms with Crippen LogP contribution in [0.1, 0.15) is 33.6 Å². The second-order valence-corrected chi connectivity index (χ2v) is 7.44. The Kier molecular flexibility index (Phi) is 12.2. The van der Waals surface area contributed by atoms with Gasteiger partial charge in [0, 0.05) is 30.8 Å². The molecule has 0 bridgehead atoms. The van der Waals surface area contributed by atoms with E-state index >= 15 is 0 Å². The standard InChI is InChI=1S/C26H36N2O3/c1-6-10-22(11-9-16-29)17-24-13-15-28(26(31)21(24)5)19-25(30)18-27-14-12-23(8-3)20(4)7-2/h6-8,10,17,25,27,29-30H,2-3,12-16,18-19H2,1,4-5H3/b10-6-,22-17+,23-20+. The Morgan fingerprint density at radius 1 is 1.35 bits per heavy atom. The Hall–Kier alpha value is -2.65. The van der Waals surface area contributed by atoms with E-state index in [0.717, 1.165) is 28.7 Å². The molecule has 1 atom stereocenters. The molecule has 168 valence electrons. The van der Waals surface area contributed by atoms with Crippen LogP contribution in [-0.4, -0.2) is 59.9 Å². The molecule has 0 radical (unpaired) electrons. The Bertz CT molecular complexity index is 834. The molecular formula is C26H36N2O3. The summed E-state index contributed by atoms with van der Waals surface area (Å²) in [6.45, 7) is 15.1. The number of allylic oxidation sites excluding steroid dienone is 7. The Morgan fingerprint density at radius 3 is 2.71 bits per heavy atom. The number of hydrogen-bond acceptors (Lipinski definition) is 4. The van der Waals surface area contributed by atoms with Gasteiger partial charge in [0.2, 0.25) is 5.91 Å². The van der Waals surface area contributed by atoms with Crippen LogP contribution < -0.4 is 5.32 Å². The Labute approximate surface area is 187 Å². The van der Waals surface area contributed by atoms with Gasteiger partial charge in [-0.1, -0.05) is 49.3 Å². The first-order valence-corrected chi connectivity index (χ1v) is 10.6. The highest BCUT2D eigenvalue weighted by atomic mass is 16.3. The van der Waals surface area contributed by atoms with Crippen molar-refractivity contribution >= 4 is 5.91 Å². The summed E-state index contributed by atoms with van der Waals surface area (Å²) in [5.41, 5.74) is 4.60. The molecule has 3 N–H and O–H groups in total. The molecule has 0 saturated carbocycles.